The molecule has 1 aromatic carbocycles. The Kier molecular flexibility index (Phi) is 3.89. The molecule has 3 heterocycles. The van der Waals surface area contributed by atoms with Crippen molar-refractivity contribution in [3.05, 3.63) is 29.8 Å². The molecule has 3 aliphatic heterocycles. The fourth-order valence-electron chi connectivity index (χ4n) is 4.54. The van der Waals surface area contributed by atoms with Crippen molar-refractivity contribution in [1.82, 2.24) is 9.80 Å². The van der Waals surface area contributed by atoms with E-state index in [1.54, 1.807) is 9.80 Å². The van der Waals surface area contributed by atoms with Gasteiger partial charge in [0.2, 0.25) is 17.7 Å². The highest BCUT2D eigenvalue weighted by Gasteiger charge is 2.55. The Balaban J connectivity index is 1.66. The minimum atomic E-state index is -0.901. The van der Waals surface area contributed by atoms with Crippen LogP contribution in [0.1, 0.15) is 37.7 Å². The Bertz CT molecular complexity index is 780. The third kappa shape index (κ3) is 2.53. The lowest BCUT2D eigenvalue weighted by Crippen LogP contribution is -2.65. The fraction of sp³-hybridized carbons (Fsp3) is 0.526. The molecule has 0 spiro atoms. The van der Waals surface area contributed by atoms with Crippen molar-refractivity contribution >= 4 is 17.7 Å². The predicted molar refractivity (Wildman–Crippen MR) is 93.0 cm³/mol. The van der Waals surface area contributed by atoms with E-state index in [0.717, 1.165) is 12.0 Å². The number of carbonyl (C=O) groups excluding carboxylic acids is 3. The maximum absolute atomic E-state index is 13.1. The second-order valence-corrected chi connectivity index (χ2v) is 7.48. The van der Waals surface area contributed by atoms with Gasteiger partial charge in [0.15, 0.2) is 5.72 Å². The summed E-state index contributed by atoms with van der Waals surface area (Å²) in [6, 6.07) is 7.49. The second kappa shape index (κ2) is 6.00. The molecule has 0 aromatic heterocycles. The van der Waals surface area contributed by atoms with Gasteiger partial charge < -0.3 is 20.3 Å². The third-order valence-corrected chi connectivity index (χ3v) is 5.82. The van der Waals surface area contributed by atoms with Crippen molar-refractivity contribution < 1.29 is 19.1 Å². The molecule has 3 amide bonds. The van der Waals surface area contributed by atoms with Gasteiger partial charge in [0, 0.05) is 38.4 Å². The zero-order chi connectivity index (χ0) is 18.5. The summed E-state index contributed by atoms with van der Waals surface area (Å²) in [5.41, 5.74) is 5.62. The normalized spacial score (nSPS) is 30.2. The standard InChI is InChI=1S/C19H23N3O4/c1-19-11-13(12-5-2-3-6-14(12)26-19)16(17(20)24)18(25)22(19)10-9-21-8-4-7-15(21)23/h2-3,5-6,13,16H,4,7-11H2,1H3,(H2,20,24). The van der Waals surface area contributed by atoms with Crippen LogP contribution in [0.2, 0.25) is 0 Å². The number of fused-ring (bicyclic) bond motifs is 4. The smallest absolute Gasteiger partial charge is 0.238 e. The molecule has 0 radical (unpaired) electrons. The van der Waals surface area contributed by atoms with Crippen LogP contribution in [0.3, 0.4) is 0 Å². The number of carbonyl (C=O) groups is 3. The third-order valence-electron chi connectivity index (χ3n) is 5.82. The Morgan fingerprint density at radius 3 is 2.77 bits per heavy atom. The summed E-state index contributed by atoms with van der Waals surface area (Å²) in [5, 5.41) is 0. The van der Waals surface area contributed by atoms with E-state index in [0.29, 0.717) is 38.2 Å². The molecule has 3 unspecified atom stereocenters. The zero-order valence-electron chi connectivity index (χ0n) is 14.8. The molecule has 7 heteroatoms. The van der Waals surface area contributed by atoms with Crippen LogP contribution in [0, 0.1) is 5.92 Å². The summed E-state index contributed by atoms with van der Waals surface area (Å²) in [4.78, 5) is 40.5. The van der Waals surface area contributed by atoms with E-state index in [-0.39, 0.29) is 17.7 Å². The van der Waals surface area contributed by atoms with Gasteiger partial charge >= 0.3 is 0 Å². The van der Waals surface area contributed by atoms with E-state index in [4.69, 9.17) is 10.5 Å². The van der Waals surface area contributed by atoms with Crippen LogP contribution in [-0.2, 0) is 14.4 Å². The van der Waals surface area contributed by atoms with Crippen molar-refractivity contribution in [3.63, 3.8) is 0 Å². The van der Waals surface area contributed by atoms with Gasteiger partial charge in [0.05, 0.1) is 0 Å². The molecule has 2 fully saturated rings. The number of rotatable bonds is 4. The highest BCUT2D eigenvalue weighted by atomic mass is 16.5. The van der Waals surface area contributed by atoms with Gasteiger partial charge in [-0.25, -0.2) is 0 Å². The number of piperidine rings is 1. The van der Waals surface area contributed by atoms with E-state index in [2.05, 4.69) is 0 Å². The minimum absolute atomic E-state index is 0.110. The molecule has 3 atom stereocenters. The summed E-state index contributed by atoms with van der Waals surface area (Å²) in [7, 11) is 0. The molecule has 1 aromatic rings. The van der Waals surface area contributed by atoms with Crippen molar-refractivity contribution in [2.24, 2.45) is 11.7 Å². The first-order valence-corrected chi connectivity index (χ1v) is 9.07. The molecule has 138 valence electrons. The summed E-state index contributed by atoms with van der Waals surface area (Å²) in [6.45, 7) is 3.36. The molecule has 0 saturated carbocycles. The van der Waals surface area contributed by atoms with Crippen molar-refractivity contribution in [3.8, 4) is 5.75 Å². The fourth-order valence-corrected chi connectivity index (χ4v) is 4.54. The quantitative estimate of drug-likeness (QED) is 0.808. The topological polar surface area (TPSA) is 92.9 Å². The first kappa shape index (κ1) is 16.9. The Morgan fingerprint density at radius 1 is 1.31 bits per heavy atom. The summed E-state index contributed by atoms with van der Waals surface area (Å²) < 4.78 is 6.19. The van der Waals surface area contributed by atoms with Crippen molar-refractivity contribution in [2.75, 3.05) is 19.6 Å². The number of hydrogen-bond donors (Lipinski definition) is 1. The number of amides is 3. The number of benzene rings is 1. The van der Waals surface area contributed by atoms with E-state index < -0.39 is 17.6 Å². The first-order chi connectivity index (χ1) is 12.4. The van der Waals surface area contributed by atoms with Crippen molar-refractivity contribution in [1.29, 1.82) is 0 Å². The molecule has 7 nitrogen and oxygen atoms in total. The average Bonchev–Trinajstić information content (AvgIpc) is 2.99. The van der Waals surface area contributed by atoms with Crippen LogP contribution in [-0.4, -0.2) is 52.9 Å². The molecular weight excluding hydrogens is 334 g/mol. The summed E-state index contributed by atoms with van der Waals surface area (Å²) in [6.07, 6.45) is 1.91. The number of primary amides is 1. The van der Waals surface area contributed by atoms with Crippen molar-refractivity contribution in [2.45, 2.75) is 37.8 Å². The van der Waals surface area contributed by atoms with Gasteiger partial charge in [-0.1, -0.05) is 18.2 Å². The van der Waals surface area contributed by atoms with Gasteiger partial charge in [-0.3, -0.25) is 14.4 Å². The minimum Gasteiger partial charge on any atom is -0.468 e. The van der Waals surface area contributed by atoms with Gasteiger partial charge in [-0.05, 0) is 25.0 Å². The van der Waals surface area contributed by atoms with Gasteiger partial charge in [0.1, 0.15) is 11.7 Å². The lowest BCUT2D eigenvalue weighted by atomic mass is 9.73. The van der Waals surface area contributed by atoms with Gasteiger partial charge in [-0.2, -0.15) is 0 Å². The molecule has 2 bridgehead atoms. The Labute approximate surface area is 152 Å². The van der Waals surface area contributed by atoms with E-state index in [9.17, 15) is 14.4 Å². The SMILES string of the molecule is CC12CC(c3ccccc3O1)C(C(N)=O)C(=O)N2CCN1CCCC1=O. The molecule has 0 aliphatic carbocycles. The van der Waals surface area contributed by atoms with Crippen LogP contribution >= 0.6 is 0 Å². The number of para-hydroxylation sites is 1. The molecule has 3 aliphatic rings. The van der Waals surface area contributed by atoms with Crippen LogP contribution in [0.25, 0.3) is 0 Å². The number of hydrogen-bond acceptors (Lipinski definition) is 4. The number of ether oxygens (including phenoxy) is 1. The lowest BCUT2D eigenvalue weighted by Gasteiger charge is -2.52. The lowest BCUT2D eigenvalue weighted by molar-refractivity contribution is -0.176. The summed E-state index contributed by atoms with van der Waals surface area (Å²) in [5.74, 6) is -1.30. The Hall–Kier alpha value is -2.57. The maximum Gasteiger partial charge on any atom is 0.238 e. The van der Waals surface area contributed by atoms with Gasteiger partial charge in [0.25, 0.3) is 0 Å². The van der Waals surface area contributed by atoms with Gasteiger partial charge in [-0.15, -0.1) is 0 Å². The number of nitrogens with two attached hydrogens (primary N) is 1. The van der Waals surface area contributed by atoms with Crippen LogP contribution < -0.4 is 10.5 Å². The highest BCUT2D eigenvalue weighted by molar-refractivity contribution is 6.01. The second-order valence-electron chi connectivity index (χ2n) is 7.48. The largest absolute Gasteiger partial charge is 0.468 e. The van der Waals surface area contributed by atoms with Crippen LogP contribution in [0.15, 0.2) is 24.3 Å². The van der Waals surface area contributed by atoms with E-state index >= 15 is 0 Å². The molecular formula is C19H23N3O4. The monoisotopic (exact) mass is 357 g/mol. The average molecular weight is 357 g/mol. The van der Waals surface area contributed by atoms with Crippen LogP contribution in [0.4, 0.5) is 0 Å². The Morgan fingerprint density at radius 2 is 2.08 bits per heavy atom. The van der Waals surface area contributed by atoms with Crippen LogP contribution in [0.5, 0.6) is 5.75 Å². The molecule has 26 heavy (non-hydrogen) atoms. The molecule has 4 rings (SSSR count). The predicted octanol–water partition coefficient (Wildman–Crippen LogP) is 0.835. The zero-order valence-corrected chi connectivity index (χ0v) is 14.8. The van der Waals surface area contributed by atoms with E-state index in [1.807, 2.05) is 31.2 Å². The highest BCUT2D eigenvalue weighted by Crippen LogP contribution is 2.49. The maximum atomic E-state index is 13.1. The molecule has 2 N–H and O–H groups in total. The summed E-state index contributed by atoms with van der Waals surface area (Å²) >= 11 is 0. The molecule has 2 saturated heterocycles. The number of nitrogens with zero attached hydrogens (tertiary/aromatic N) is 2. The van der Waals surface area contributed by atoms with E-state index in [1.165, 1.54) is 0 Å². The first-order valence-electron chi connectivity index (χ1n) is 9.07. The number of likely N-dealkylation sites (tertiary alicyclic amines) is 2.